The van der Waals surface area contributed by atoms with Crippen LogP contribution < -0.4 is 10.1 Å². The van der Waals surface area contributed by atoms with E-state index in [2.05, 4.69) is 25.3 Å². The van der Waals surface area contributed by atoms with Gasteiger partial charge in [0, 0.05) is 35.4 Å². The van der Waals surface area contributed by atoms with Crippen LogP contribution in [0.1, 0.15) is 37.1 Å². The van der Waals surface area contributed by atoms with Gasteiger partial charge in [0.2, 0.25) is 5.88 Å². The summed E-state index contributed by atoms with van der Waals surface area (Å²) in [7, 11) is 1.51. The van der Waals surface area contributed by atoms with Crippen LogP contribution in [0.25, 0.3) is 11.1 Å². The highest BCUT2D eigenvalue weighted by atomic mass is 35.5. The Balaban J connectivity index is 1.37. The first kappa shape index (κ1) is 22.9. The number of rotatable bonds is 5. The van der Waals surface area contributed by atoms with Crippen LogP contribution in [0.5, 0.6) is 5.88 Å². The van der Waals surface area contributed by atoms with Gasteiger partial charge in [-0.2, -0.15) is 0 Å². The summed E-state index contributed by atoms with van der Waals surface area (Å²) in [6.45, 7) is 2.61. The van der Waals surface area contributed by atoms with E-state index in [4.69, 9.17) is 16.3 Å². The molecule has 4 aromatic rings. The third kappa shape index (κ3) is 4.58. The zero-order chi connectivity index (χ0) is 24.5. The number of amides is 2. The van der Waals surface area contributed by atoms with Gasteiger partial charge < -0.3 is 9.64 Å². The molecule has 4 aromatic heterocycles. The number of methoxy groups -OCH3 is 1. The van der Waals surface area contributed by atoms with Crippen LogP contribution in [0, 0.1) is 6.92 Å². The molecular formula is C24H19ClN6O3S. The van der Waals surface area contributed by atoms with E-state index in [-0.39, 0.29) is 11.8 Å². The van der Waals surface area contributed by atoms with Gasteiger partial charge in [-0.1, -0.05) is 29.0 Å². The van der Waals surface area contributed by atoms with Crippen molar-refractivity contribution in [1.29, 1.82) is 0 Å². The second-order valence-electron chi connectivity index (χ2n) is 7.80. The van der Waals surface area contributed by atoms with E-state index in [9.17, 15) is 9.59 Å². The molecule has 2 amide bonds. The first-order chi connectivity index (χ1) is 16.9. The van der Waals surface area contributed by atoms with Gasteiger partial charge >= 0.3 is 0 Å². The van der Waals surface area contributed by atoms with Gasteiger partial charge in [-0.15, -0.1) is 0 Å². The number of halogens is 1. The lowest BCUT2D eigenvalue weighted by Crippen LogP contribution is -2.26. The van der Waals surface area contributed by atoms with Gasteiger partial charge in [0.05, 0.1) is 41.4 Å². The average molecular weight is 507 g/mol. The average Bonchev–Trinajstić information content (AvgIpc) is 3.42. The summed E-state index contributed by atoms with van der Waals surface area (Å²) in [5.74, 6) is -0.177. The van der Waals surface area contributed by atoms with Crippen LogP contribution in [-0.2, 0) is 13.1 Å². The Morgan fingerprint density at radius 1 is 1.11 bits per heavy atom. The Kier molecular flexibility index (Phi) is 6.14. The fourth-order valence-electron chi connectivity index (χ4n) is 3.80. The van der Waals surface area contributed by atoms with Crippen molar-refractivity contribution in [3.05, 3.63) is 81.5 Å². The molecule has 11 heteroatoms. The first-order valence-electron chi connectivity index (χ1n) is 10.6. The number of thiazole rings is 1. The highest BCUT2D eigenvalue weighted by Crippen LogP contribution is 2.35. The number of carbonyl (C=O) groups excluding carboxylic acids is 2. The third-order valence-corrected chi connectivity index (χ3v) is 6.64. The molecule has 176 valence electrons. The standard InChI is InChI=1S/C24H19ClN6O3S/c1-13-7-15(16-8-14(25)9-28-22(16)34-2)17(10-27-13)21(32)30-24-29-19-11-31(12-20(19)35-24)23(33)18-5-3-4-6-26-18/h3-10H,11-12H2,1-2H3,(H,29,30,32). The summed E-state index contributed by atoms with van der Waals surface area (Å²) < 4.78 is 5.38. The van der Waals surface area contributed by atoms with Crippen LogP contribution in [0.15, 0.2) is 48.9 Å². The monoisotopic (exact) mass is 506 g/mol. The number of pyridine rings is 3. The fraction of sp³-hybridized carbons (Fsp3) is 0.167. The minimum atomic E-state index is -0.372. The minimum Gasteiger partial charge on any atom is -0.481 e. The molecule has 5 heterocycles. The molecule has 0 saturated heterocycles. The third-order valence-electron chi connectivity index (χ3n) is 5.43. The number of hydrogen-bond acceptors (Lipinski definition) is 8. The molecule has 0 spiro atoms. The summed E-state index contributed by atoms with van der Waals surface area (Å²) in [5, 5.41) is 3.73. The Morgan fingerprint density at radius 2 is 1.97 bits per heavy atom. The minimum absolute atomic E-state index is 0.152. The summed E-state index contributed by atoms with van der Waals surface area (Å²) in [6.07, 6.45) is 4.58. The van der Waals surface area contributed by atoms with Crippen LogP contribution in [0.4, 0.5) is 5.13 Å². The number of nitrogens with one attached hydrogen (secondary N) is 1. The van der Waals surface area contributed by atoms with Gasteiger partial charge in [-0.3, -0.25) is 24.9 Å². The molecular weight excluding hydrogens is 488 g/mol. The SMILES string of the molecule is COc1ncc(Cl)cc1-c1cc(C)ncc1C(=O)Nc1nc2c(s1)CN(C(=O)c1ccccn1)C2. The van der Waals surface area contributed by atoms with Crippen molar-refractivity contribution in [3.8, 4) is 17.0 Å². The molecule has 1 aliphatic rings. The molecule has 0 bridgehead atoms. The normalized spacial score (nSPS) is 12.4. The van der Waals surface area contributed by atoms with E-state index in [0.717, 1.165) is 16.3 Å². The predicted octanol–water partition coefficient (Wildman–Crippen LogP) is 4.37. The maximum absolute atomic E-state index is 13.2. The number of aryl methyl sites for hydroxylation is 1. The second kappa shape index (κ2) is 9.40. The maximum Gasteiger partial charge on any atom is 0.273 e. The quantitative estimate of drug-likeness (QED) is 0.427. The zero-order valence-electron chi connectivity index (χ0n) is 18.8. The molecule has 0 aromatic carbocycles. The van der Waals surface area contributed by atoms with Crippen LogP contribution in [0.3, 0.4) is 0 Å². The first-order valence-corrected chi connectivity index (χ1v) is 11.8. The number of carbonyl (C=O) groups is 2. The zero-order valence-corrected chi connectivity index (χ0v) is 20.4. The smallest absolute Gasteiger partial charge is 0.273 e. The number of ether oxygens (including phenoxy) is 1. The van der Waals surface area contributed by atoms with Gasteiger partial charge in [0.1, 0.15) is 5.69 Å². The summed E-state index contributed by atoms with van der Waals surface area (Å²) in [5.41, 5.74) is 3.39. The Morgan fingerprint density at radius 3 is 2.71 bits per heavy atom. The summed E-state index contributed by atoms with van der Waals surface area (Å²) in [6, 6.07) is 8.71. The lowest BCUT2D eigenvalue weighted by Gasteiger charge is -2.15. The summed E-state index contributed by atoms with van der Waals surface area (Å²) in [4.78, 5) is 45.7. The highest BCUT2D eigenvalue weighted by molar-refractivity contribution is 7.16. The molecule has 1 aliphatic heterocycles. The summed E-state index contributed by atoms with van der Waals surface area (Å²) >= 11 is 7.51. The van der Waals surface area contributed by atoms with Crippen molar-refractivity contribution in [2.45, 2.75) is 20.0 Å². The molecule has 1 N–H and O–H groups in total. The molecule has 9 nitrogen and oxygen atoms in total. The van der Waals surface area contributed by atoms with Crippen molar-refractivity contribution in [2.75, 3.05) is 12.4 Å². The molecule has 35 heavy (non-hydrogen) atoms. The van der Waals surface area contributed by atoms with Gasteiger partial charge in [-0.25, -0.2) is 9.97 Å². The largest absolute Gasteiger partial charge is 0.481 e. The Bertz CT molecular complexity index is 1420. The predicted molar refractivity (Wildman–Crippen MR) is 132 cm³/mol. The lowest BCUT2D eigenvalue weighted by molar-refractivity contribution is 0.0744. The van der Waals surface area contributed by atoms with Crippen molar-refractivity contribution < 1.29 is 14.3 Å². The number of nitrogens with zero attached hydrogens (tertiary/aromatic N) is 5. The van der Waals surface area contributed by atoms with E-state index < -0.39 is 0 Å². The Labute approximate surface area is 209 Å². The molecule has 0 fully saturated rings. The Hall–Kier alpha value is -3.89. The van der Waals surface area contributed by atoms with Crippen LogP contribution in [-0.4, -0.2) is 43.8 Å². The van der Waals surface area contributed by atoms with Crippen molar-refractivity contribution >= 4 is 39.9 Å². The van der Waals surface area contributed by atoms with Crippen molar-refractivity contribution in [3.63, 3.8) is 0 Å². The van der Waals surface area contributed by atoms with E-state index >= 15 is 0 Å². The number of anilines is 1. The van der Waals surface area contributed by atoms with E-state index in [1.54, 1.807) is 41.4 Å². The fourth-order valence-corrected chi connectivity index (χ4v) is 4.94. The van der Waals surface area contributed by atoms with E-state index in [1.165, 1.54) is 30.8 Å². The maximum atomic E-state index is 13.2. The van der Waals surface area contributed by atoms with Crippen LogP contribution >= 0.6 is 22.9 Å². The molecule has 0 saturated carbocycles. The van der Waals surface area contributed by atoms with Crippen LogP contribution in [0.2, 0.25) is 5.02 Å². The van der Waals surface area contributed by atoms with E-state index in [1.807, 2.05) is 6.92 Å². The van der Waals surface area contributed by atoms with E-state index in [0.29, 0.717) is 51.5 Å². The molecule has 0 radical (unpaired) electrons. The molecule has 0 aliphatic carbocycles. The number of fused-ring (bicyclic) bond motifs is 1. The second-order valence-corrected chi connectivity index (χ2v) is 9.32. The van der Waals surface area contributed by atoms with Crippen molar-refractivity contribution in [1.82, 2.24) is 24.8 Å². The number of aromatic nitrogens is 4. The number of hydrogen-bond donors (Lipinski definition) is 1. The molecule has 0 unspecified atom stereocenters. The van der Waals surface area contributed by atoms with Gasteiger partial charge in [-0.05, 0) is 31.2 Å². The van der Waals surface area contributed by atoms with Crippen molar-refractivity contribution in [2.24, 2.45) is 0 Å². The van der Waals surface area contributed by atoms with Gasteiger partial charge in [0.25, 0.3) is 11.8 Å². The van der Waals surface area contributed by atoms with Gasteiger partial charge in [0.15, 0.2) is 5.13 Å². The molecule has 0 atom stereocenters. The lowest BCUT2D eigenvalue weighted by atomic mass is 10.0. The topological polar surface area (TPSA) is 110 Å². The highest BCUT2D eigenvalue weighted by Gasteiger charge is 2.29. The molecule has 5 rings (SSSR count).